The lowest BCUT2D eigenvalue weighted by molar-refractivity contribution is -0.387. The van der Waals surface area contributed by atoms with Gasteiger partial charge in [-0.3, -0.25) is 14.9 Å². The monoisotopic (exact) mass is 423 g/mol. The average molecular weight is 424 g/mol. The summed E-state index contributed by atoms with van der Waals surface area (Å²) in [6.07, 6.45) is 1.34. The van der Waals surface area contributed by atoms with E-state index in [1.165, 1.54) is 24.0 Å². The molecule has 0 bridgehead atoms. The fraction of sp³-hybridized carbons (Fsp3) is 0.125. The number of rotatable bonds is 7. The molecule has 0 aromatic heterocycles. The molecule has 0 saturated carbocycles. The van der Waals surface area contributed by atoms with Gasteiger partial charge in [0.2, 0.25) is 0 Å². The first-order chi connectivity index (χ1) is 12.0. The topological polar surface area (TPSA) is 105 Å². The van der Waals surface area contributed by atoms with E-state index in [1.54, 1.807) is 36.4 Å². The van der Waals surface area contributed by atoms with Crippen LogP contribution >= 0.6 is 27.7 Å². The zero-order valence-electron chi connectivity index (χ0n) is 12.9. The Morgan fingerprint density at radius 1 is 1.32 bits per heavy atom. The van der Waals surface area contributed by atoms with E-state index in [-0.39, 0.29) is 18.2 Å². The molecule has 0 spiro atoms. The van der Waals surface area contributed by atoms with E-state index in [9.17, 15) is 14.9 Å². The van der Waals surface area contributed by atoms with Gasteiger partial charge in [-0.2, -0.15) is 5.10 Å². The van der Waals surface area contributed by atoms with Crippen LogP contribution < -0.4 is 5.43 Å². The molecule has 1 amide bonds. The second kappa shape index (κ2) is 9.30. The van der Waals surface area contributed by atoms with Crippen LogP contribution in [0.25, 0.3) is 0 Å². The van der Waals surface area contributed by atoms with E-state index in [2.05, 4.69) is 26.5 Å². The van der Waals surface area contributed by atoms with Gasteiger partial charge < -0.3 is 5.11 Å². The molecule has 7 nitrogen and oxygen atoms in total. The number of nitrogens with zero attached hydrogens (tertiary/aromatic N) is 2. The Morgan fingerprint density at radius 2 is 2.04 bits per heavy atom. The minimum absolute atomic E-state index is 0.0624. The van der Waals surface area contributed by atoms with E-state index in [0.717, 1.165) is 4.47 Å². The molecule has 0 atom stereocenters. The van der Waals surface area contributed by atoms with Crippen LogP contribution in [0, 0.1) is 10.1 Å². The molecule has 0 unspecified atom stereocenters. The summed E-state index contributed by atoms with van der Waals surface area (Å²) in [6, 6.07) is 11.4. The lowest BCUT2D eigenvalue weighted by Crippen LogP contribution is -2.17. The third kappa shape index (κ3) is 5.66. The van der Waals surface area contributed by atoms with E-state index in [4.69, 9.17) is 5.11 Å². The number of benzene rings is 2. The lowest BCUT2D eigenvalue weighted by Gasteiger charge is -2.03. The van der Waals surface area contributed by atoms with Gasteiger partial charge in [-0.05, 0) is 30.3 Å². The molecular formula is C16H14BrN3O4S. The molecule has 0 aliphatic rings. The summed E-state index contributed by atoms with van der Waals surface area (Å²) in [5, 5.41) is 23.8. The number of thioether (sulfide) groups is 1. The van der Waals surface area contributed by atoms with Crippen molar-refractivity contribution >= 4 is 45.5 Å². The summed E-state index contributed by atoms with van der Waals surface area (Å²) in [6.45, 7) is -0.0624. The number of nitrogens with one attached hydrogen (secondary N) is 1. The van der Waals surface area contributed by atoms with Gasteiger partial charge in [-0.25, -0.2) is 5.43 Å². The van der Waals surface area contributed by atoms with Crippen LogP contribution in [-0.2, 0) is 0 Å². The third-order valence-electron chi connectivity index (χ3n) is 3.01. The molecule has 9 heteroatoms. The molecule has 0 fully saturated rings. The van der Waals surface area contributed by atoms with Crippen LogP contribution in [0.4, 0.5) is 5.69 Å². The Morgan fingerprint density at radius 3 is 2.68 bits per heavy atom. The van der Waals surface area contributed by atoms with Gasteiger partial charge in [0, 0.05) is 27.4 Å². The normalized spacial score (nSPS) is 10.8. The molecular weight excluding hydrogens is 410 g/mol. The fourth-order valence-electron chi connectivity index (χ4n) is 1.87. The Hall–Kier alpha value is -2.23. The van der Waals surface area contributed by atoms with Crippen molar-refractivity contribution in [2.45, 2.75) is 4.90 Å². The highest BCUT2D eigenvalue weighted by molar-refractivity contribution is 9.10. The van der Waals surface area contributed by atoms with E-state index in [0.29, 0.717) is 21.8 Å². The van der Waals surface area contributed by atoms with Gasteiger partial charge in [0.15, 0.2) is 0 Å². The largest absolute Gasteiger partial charge is 0.396 e. The second-order valence-electron chi connectivity index (χ2n) is 4.76. The average Bonchev–Trinajstić information content (AvgIpc) is 2.60. The van der Waals surface area contributed by atoms with Gasteiger partial charge in [0.05, 0.1) is 22.6 Å². The summed E-state index contributed by atoms with van der Waals surface area (Å²) in [5.74, 6) is -0.00859. The number of carbonyl (C=O) groups excluding carboxylic acids is 1. The molecule has 2 aromatic rings. The summed E-state index contributed by atoms with van der Waals surface area (Å²) < 4.78 is 0.860. The number of hydrogen-bond acceptors (Lipinski definition) is 6. The number of hydrazone groups is 1. The second-order valence-corrected chi connectivity index (χ2v) is 6.81. The van der Waals surface area contributed by atoms with Gasteiger partial charge in [-0.15, -0.1) is 11.8 Å². The first-order valence-electron chi connectivity index (χ1n) is 7.12. The summed E-state index contributed by atoms with van der Waals surface area (Å²) >= 11 is 4.49. The van der Waals surface area contributed by atoms with Gasteiger partial charge in [0.25, 0.3) is 11.6 Å². The van der Waals surface area contributed by atoms with Crippen molar-refractivity contribution in [2.24, 2.45) is 5.10 Å². The highest BCUT2D eigenvalue weighted by Crippen LogP contribution is 2.29. The first kappa shape index (κ1) is 19.1. The third-order valence-corrected chi connectivity index (χ3v) is 4.59. The van der Waals surface area contributed by atoms with Crippen LogP contribution in [0.5, 0.6) is 0 Å². The predicted molar refractivity (Wildman–Crippen MR) is 100 cm³/mol. The summed E-state index contributed by atoms with van der Waals surface area (Å²) in [5.41, 5.74) is 3.23. The Labute approximate surface area is 156 Å². The van der Waals surface area contributed by atoms with Crippen LogP contribution in [0.15, 0.2) is 56.9 Å². The number of amides is 1. The van der Waals surface area contributed by atoms with E-state index >= 15 is 0 Å². The molecule has 25 heavy (non-hydrogen) atoms. The zero-order chi connectivity index (χ0) is 18.2. The first-order valence-corrected chi connectivity index (χ1v) is 8.90. The molecule has 2 rings (SSSR count). The summed E-state index contributed by atoms with van der Waals surface area (Å²) in [7, 11) is 0. The van der Waals surface area contributed by atoms with E-state index < -0.39 is 4.92 Å². The number of aliphatic hydroxyl groups is 1. The SMILES string of the molecule is O=C(N/N=C/c1ccc(SCCO)c([N+](=O)[O-])c1)c1ccc(Br)cc1. The van der Waals surface area contributed by atoms with Crippen molar-refractivity contribution in [3.63, 3.8) is 0 Å². The number of nitro benzene ring substituents is 1. The maximum absolute atomic E-state index is 11.9. The number of nitro groups is 1. The number of carbonyl (C=O) groups is 1. The maximum atomic E-state index is 11.9. The lowest BCUT2D eigenvalue weighted by atomic mass is 10.2. The number of hydrogen-bond donors (Lipinski definition) is 2. The quantitative estimate of drug-likeness (QED) is 0.307. The van der Waals surface area contributed by atoms with Gasteiger partial charge >= 0.3 is 0 Å². The van der Waals surface area contributed by atoms with Crippen LogP contribution in [-0.4, -0.2) is 34.5 Å². The van der Waals surface area contributed by atoms with Crippen molar-refractivity contribution in [3.05, 3.63) is 68.2 Å². The minimum Gasteiger partial charge on any atom is -0.396 e. The molecule has 0 heterocycles. The molecule has 0 radical (unpaired) electrons. The Kier molecular flexibility index (Phi) is 7.11. The summed E-state index contributed by atoms with van der Waals surface area (Å²) in [4.78, 5) is 23.0. The number of aliphatic hydroxyl groups excluding tert-OH is 1. The van der Waals surface area contributed by atoms with Crippen LogP contribution in [0.2, 0.25) is 0 Å². The van der Waals surface area contributed by atoms with Gasteiger partial charge in [0.1, 0.15) is 0 Å². The molecule has 0 saturated heterocycles. The molecule has 0 aliphatic carbocycles. The highest BCUT2D eigenvalue weighted by Gasteiger charge is 2.14. The van der Waals surface area contributed by atoms with Crippen molar-refractivity contribution in [1.82, 2.24) is 5.43 Å². The Bertz CT molecular complexity index is 796. The number of halogens is 1. The molecule has 2 aromatic carbocycles. The maximum Gasteiger partial charge on any atom is 0.283 e. The van der Waals surface area contributed by atoms with Gasteiger partial charge in [-0.1, -0.05) is 22.0 Å². The Balaban J connectivity index is 2.07. The van der Waals surface area contributed by atoms with Crippen molar-refractivity contribution < 1.29 is 14.8 Å². The standard InChI is InChI=1S/C16H14BrN3O4S/c17-13-4-2-12(3-5-13)16(22)19-18-10-11-1-6-15(25-8-7-21)14(9-11)20(23)24/h1-6,9-10,21H,7-8H2,(H,19,22)/b18-10+. The predicted octanol–water partition coefficient (Wildman–Crippen LogP) is 3.21. The fourth-order valence-corrected chi connectivity index (χ4v) is 2.89. The molecule has 2 N–H and O–H groups in total. The van der Waals surface area contributed by atoms with E-state index in [1.807, 2.05) is 0 Å². The van der Waals surface area contributed by atoms with Crippen LogP contribution in [0.3, 0.4) is 0 Å². The zero-order valence-corrected chi connectivity index (χ0v) is 15.3. The van der Waals surface area contributed by atoms with Crippen molar-refractivity contribution in [3.8, 4) is 0 Å². The smallest absolute Gasteiger partial charge is 0.283 e. The van der Waals surface area contributed by atoms with Crippen molar-refractivity contribution in [1.29, 1.82) is 0 Å². The highest BCUT2D eigenvalue weighted by atomic mass is 79.9. The molecule has 0 aliphatic heterocycles. The molecule has 130 valence electrons. The van der Waals surface area contributed by atoms with Crippen LogP contribution in [0.1, 0.15) is 15.9 Å². The van der Waals surface area contributed by atoms with Crippen molar-refractivity contribution in [2.75, 3.05) is 12.4 Å². The minimum atomic E-state index is -0.489.